The first kappa shape index (κ1) is 23.9. The summed E-state index contributed by atoms with van der Waals surface area (Å²) in [5.41, 5.74) is 6.29. The lowest BCUT2D eigenvalue weighted by atomic mass is 10.0. The molecule has 1 aliphatic heterocycles. The molecule has 1 aromatic heterocycles. The van der Waals surface area contributed by atoms with E-state index in [4.69, 9.17) is 27.9 Å². The fourth-order valence-electron chi connectivity index (χ4n) is 4.29. The predicted molar refractivity (Wildman–Crippen MR) is 137 cm³/mol. The Kier molecular flexibility index (Phi) is 6.43. The van der Waals surface area contributed by atoms with Crippen molar-refractivity contribution in [2.45, 2.75) is 27.7 Å². The summed E-state index contributed by atoms with van der Waals surface area (Å²) in [6.45, 7) is 7.65. The summed E-state index contributed by atoms with van der Waals surface area (Å²) < 4.78 is 7.09. The third-order valence-corrected chi connectivity index (χ3v) is 6.72. The smallest absolute Gasteiger partial charge is 0.340 e. The zero-order chi connectivity index (χ0) is 24.7. The van der Waals surface area contributed by atoms with Crippen molar-refractivity contribution in [2.75, 3.05) is 12.0 Å². The number of anilines is 1. The van der Waals surface area contributed by atoms with Crippen LogP contribution < -0.4 is 4.90 Å². The molecule has 0 atom stereocenters. The number of aryl methyl sites for hydroxylation is 2. The lowest BCUT2D eigenvalue weighted by Gasteiger charge is -2.17. The van der Waals surface area contributed by atoms with Gasteiger partial charge < -0.3 is 9.30 Å². The average Bonchev–Trinajstić information content (AvgIpc) is 3.22. The summed E-state index contributed by atoms with van der Waals surface area (Å²) in [5.74, 6) is -0.865. The average molecular weight is 495 g/mol. The predicted octanol–water partition coefficient (Wildman–Crippen LogP) is 6.59. The molecule has 0 saturated carbocycles. The molecule has 0 N–H and O–H groups in total. The Morgan fingerprint density at radius 3 is 2.21 bits per heavy atom. The van der Waals surface area contributed by atoms with E-state index >= 15 is 0 Å². The Bertz CT molecular complexity index is 1380. The lowest BCUT2D eigenvalue weighted by molar-refractivity contribution is -0.136. The van der Waals surface area contributed by atoms with Crippen LogP contribution in [-0.2, 0) is 14.3 Å². The van der Waals surface area contributed by atoms with Crippen molar-refractivity contribution in [1.82, 2.24) is 4.57 Å². The van der Waals surface area contributed by atoms with Crippen LogP contribution in [0.25, 0.3) is 11.8 Å². The highest BCUT2D eigenvalue weighted by Crippen LogP contribution is 2.36. The second kappa shape index (κ2) is 9.16. The van der Waals surface area contributed by atoms with E-state index in [-0.39, 0.29) is 17.1 Å². The van der Waals surface area contributed by atoms with Gasteiger partial charge in [-0.05, 0) is 87.4 Å². The van der Waals surface area contributed by atoms with Crippen molar-refractivity contribution in [2.24, 2.45) is 0 Å². The number of hydrogen-bond acceptors (Lipinski definition) is 3. The Labute approximate surface area is 208 Å². The van der Waals surface area contributed by atoms with E-state index in [1.165, 1.54) is 12.0 Å². The molecule has 0 bridgehead atoms. The van der Waals surface area contributed by atoms with Gasteiger partial charge in [0.2, 0.25) is 0 Å². The molecule has 174 valence electrons. The summed E-state index contributed by atoms with van der Waals surface area (Å²) >= 11 is 12.4. The van der Waals surface area contributed by atoms with Gasteiger partial charge in [-0.2, -0.15) is 0 Å². The molecule has 0 radical (unpaired) electrons. The second-order valence-corrected chi connectivity index (χ2v) is 9.07. The number of esters is 1. The highest BCUT2D eigenvalue weighted by atomic mass is 35.5. The first-order valence-electron chi connectivity index (χ1n) is 10.7. The summed E-state index contributed by atoms with van der Waals surface area (Å²) in [7, 11) is 1.31. The third-order valence-electron chi connectivity index (χ3n) is 6.06. The number of methoxy groups -OCH3 is 1. The number of carbonyl (C=O) groups excluding carboxylic acids is 2. The topological polar surface area (TPSA) is 51.5 Å². The van der Waals surface area contributed by atoms with Gasteiger partial charge in [-0.25, -0.2) is 4.79 Å². The van der Waals surface area contributed by atoms with E-state index in [0.717, 1.165) is 28.2 Å². The number of nitrogens with zero attached hydrogens (tertiary/aromatic N) is 2. The number of carbonyl (C=O) groups is 2. The molecule has 34 heavy (non-hydrogen) atoms. The minimum atomic E-state index is -0.562. The largest absolute Gasteiger partial charge is 0.465 e. The SMILES string of the molecule is COC(=O)C1=C(C)N(c2ccc(Cl)cc2)C(=O)/C1=C\c1cc(C)n(-c2ccc(C)c(Cl)c2)c1C. The third kappa shape index (κ3) is 4.06. The molecule has 5 nitrogen and oxygen atoms in total. The molecule has 3 aromatic rings. The van der Waals surface area contributed by atoms with Crippen LogP contribution >= 0.6 is 23.2 Å². The maximum absolute atomic E-state index is 13.5. The van der Waals surface area contributed by atoms with E-state index in [2.05, 4.69) is 4.57 Å². The zero-order valence-corrected chi connectivity index (χ0v) is 21.1. The van der Waals surface area contributed by atoms with Crippen molar-refractivity contribution in [3.05, 3.63) is 97.9 Å². The molecule has 0 spiro atoms. The van der Waals surface area contributed by atoms with E-state index in [0.29, 0.717) is 21.4 Å². The summed E-state index contributed by atoms with van der Waals surface area (Å²) in [6.07, 6.45) is 1.75. The number of benzene rings is 2. The first-order valence-corrected chi connectivity index (χ1v) is 11.5. The van der Waals surface area contributed by atoms with Crippen LogP contribution in [0.4, 0.5) is 5.69 Å². The molecule has 4 rings (SSSR count). The van der Waals surface area contributed by atoms with Crippen LogP contribution in [0.1, 0.15) is 29.4 Å². The number of amides is 1. The number of allylic oxidation sites excluding steroid dienone is 1. The van der Waals surface area contributed by atoms with Crippen LogP contribution in [0.5, 0.6) is 0 Å². The molecule has 0 aliphatic carbocycles. The van der Waals surface area contributed by atoms with Gasteiger partial charge in [0, 0.05) is 38.5 Å². The van der Waals surface area contributed by atoms with E-state index in [9.17, 15) is 9.59 Å². The molecular weight excluding hydrogens is 471 g/mol. The molecule has 1 amide bonds. The van der Waals surface area contributed by atoms with Gasteiger partial charge in [0.25, 0.3) is 5.91 Å². The molecule has 7 heteroatoms. The van der Waals surface area contributed by atoms with Crippen molar-refractivity contribution in [3.8, 4) is 5.69 Å². The highest BCUT2D eigenvalue weighted by Gasteiger charge is 2.38. The number of aromatic nitrogens is 1. The van der Waals surface area contributed by atoms with Crippen molar-refractivity contribution in [3.63, 3.8) is 0 Å². The minimum Gasteiger partial charge on any atom is -0.465 e. The normalized spacial score (nSPS) is 15.0. The van der Waals surface area contributed by atoms with Gasteiger partial charge in [0.15, 0.2) is 0 Å². The standard InChI is InChI=1S/C27H24Cl2N2O3/c1-15-6-9-22(14-24(15)29)30-16(2)12-19(17(30)3)13-23-25(27(33)34-5)18(4)31(26(23)32)21-10-7-20(28)8-11-21/h6-14H,1-5H3/b23-13-. The molecule has 2 heterocycles. The summed E-state index contributed by atoms with van der Waals surface area (Å²) in [5, 5.41) is 1.24. The van der Waals surface area contributed by atoms with Gasteiger partial charge in [-0.3, -0.25) is 9.69 Å². The quantitative estimate of drug-likeness (QED) is 0.303. The van der Waals surface area contributed by atoms with Crippen molar-refractivity contribution >= 4 is 46.8 Å². The van der Waals surface area contributed by atoms with Gasteiger partial charge in [0.05, 0.1) is 18.3 Å². The summed E-state index contributed by atoms with van der Waals surface area (Å²) in [4.78, 5) is 27.8. The Hall–Kier alpha value is -3.28. The number of rotatable bonds is 4. The van der Waals surface area contributed by atoms with Crippen LogP contribution in [0.2, 0.25) is 10.0 Å². The van der Waals surface area contributed by atoms with Crippen molar-refractivity contribution in [1.29, 1.82) is 0 Å². The van der Waals surface area contributed by atoms with Crippen LogP contribution in [0, 0.1) is 20.8 Å². The highest BCUT2D eigenvalue weighted by molar-refractivity contribution is 6.31. The van der Waals surface area contributed by atoms with Crippen molar-refractivity contribution < 1.29 is 14.3 Å². The van der Waals surface area contributed by atoms with E-state index in [1.807, 2.05) is 45.0 Å². The Morgan fingerprint density at radius 1 is 0.941 bits per heavy atom. The van der Waals surface area contributed by atoms with E-state index < -0.39 is 5.97 Å². The van der Waals surface area contributed by atoms with Crippen LogP contribution in [-0.4, -0.2) is 23.6 Å². The number of ether oxygens (including phenoxy) is 1. The fraction of sp³-hybridized carbons (Fsp3) is 0.185. The molecular formula is C27H24Cl2N2O3. The molecule has 0 fully saturated rings. The monoisotopic (exact) mass is 494 g/mol. The lowest BCUT2D eigenvalue weighted by Crippen LogP contribution is -2.24. The van der Waals surface area contributed by atoms with Gasteiger partial charge in [-0.1, -0.05) is 29.3 Å². The first-order chi connectivity index (χ1) is 16.1. The van der Waals surface area contributed by atoms with E-state index in [1.54, 1.807) is 37.3 Å². The number of halogens is 2. The molecule has 1 aliphatic rings. The summed E-state index contributed by atoms with van der Waals surface area (Å²) in [6, 6.07) is 14.8. The zero-order valence-electron chi connectivity index (χ0n) is 19.6. The number of hydrogen-bond donors (Lipinski definition) is 0. The maximum Gasteiger partial charge on any atom is 0.340 e. The molecule has 0 saturated heterocycles. The second-order valence-electron chi connectivity index (χ2n) is 8.22. The van der Waals surface area contributed by atoms with Gasteiger partial charge >= 0.3 is 5.97 Å². The molecule has 0 unspecified atom stereocenters. The van der Waals surface area contributed by atoms with Gasteiger partial charge in [-0.15, -0.1) is 0 Å². The maximum atomic E-state index is 13.5. The fourth-order valence-corrected chi connectivity index (χ4v) is 4.59. The Morgan fingerprint density at radius 2 is 1.59 bits per heavy atom. The van der Waals surface area contributed by atoms with Gasteiger partial charge in [0.1, 0.15) is 0 Å². The Balaban J connectivity index is 1.84. The van der Waals surface area contributed by atoms with Crippen LogP contribution in [0.3, 0.4) is 0 Å². The minimum absolute atomic E-state index is 0.241. The molecule has 2 aromatic carbocycles. The van der Waals surface area contributed by atoms with Crippen LogP contribution in [0.15, 0.2) is 65.4 Å².